The normalized spacial score (nSPS) is 21.1. The number of hydrogen-bond donors (Lipinski definition) is 1. The van der Waals surface area contributed by atoms with E-state index in [0.717, 1.165) is 36.7 Å². The summed E-state index contributed by atoms with van der Waals surface area (Å²) in [6.07, 6.45) is 0. The summed E-state index contributed by atoms with van der Waals surface area (Å²) in [6, 6.07) is 10.4. The van der Waals surface area contributed by atoms with E-state index in [0.29, 0.717) is 5.92 Å². The lowest BCUT2D eigenvalue weighted by Gasteiger charge is -2.12. The van der Waals surface area contributed by atoms with Gasteiger partial charge in [-0.05, 0) is 30.2 Å². The fourth-order valence-electron chi connectivity index (χ4n) is 2.81. The van der Waals surface area contributed by atoms with Crippen molar-refractivity contribution in [2.45, 2.75) is 19.5 Å². The highest BCUT2D eigenvalue weighted by Crippen LogP contribution is 2.26. The average molecular weight is 338 g/mol. The molecule has 0 radical (unpaired) electrons. The first-order valence-corrected chi connectivity index (χ1v) is 7.34. The molecule has 0 saturated carbocycles. The van der Waals surface area contributed by atoms with Crippen molar-refractivity contribution in [1.29, 1.82) is 0 Å². The van der Waals surface area contributed by atoms with Crippen molar-refractivity contribution in [3.05, 3.63) is 52.3 Å². The van der Waals surface area contributed by atoms with Crippen LogP contribution in [0.2, 0.25) is 0 Å². The Morgan fingerprint density at radius 2 is 1.96 bits per heavy atom. The van der Waals surface area contributed by atoms with Gasteiger partial charge >= 0.3 is 0 Å². The molecule has 23 heavy (non-hydrogen) atoms. The molecule has 1 saturated heterocycles. The molecule has 2 unspecified atom stereocenters. The summed E-state index contributed by atoms with van der Waals surface area (Å²) < 4.78 is 5.85. The molecule has 2 atom stereocenters. The number of halogens is 1. The summed E-state index contributed by atoms with van der Waals surface area (Å²) in [5.74, 6) is 2.11. The third-order valence-electron chi connectivity index (χ3n) is 4.15. The van der Waals surface area contributed by atoms with E-state index in [9.17, 15) is 10.1 Å². The first kappa shape index (κ1) is 17.5. The van der Waals surface area contributed by atoms with Gasteiger partial charge in [0.05, 0.1) is 11.5 Å². The molecule has 1 aliphatic rings. The van der Waals surface area contributed by atoms with E-state index in [2.05, 4.69) is 11.8 Å². The number of furan rings is 1. The van der Waals surface area contributed by atoms with Gasteiger partial charge in [-0.25, -0.2) is 0 Å². The van der Waals surface area contributed by atoms with Crippen molar-refractivity contribution in [2.24, 2.45) is 11.7 Å². The number of hydrogen-bond acceptors (Lipinski definition) is 5. The molecule has 0 aliphatic carbocycles. The highest BCUT2D eigenvalue weighted by atomic mass is 35.5. The number of benzene rings is 1. The van der Waals surface area contributed by atoms with Crippen molar-refractivity contribution in [1.82, 2.24) is 4.90 Å². The third-order valence-corrected chi connectivity index (χ3v) is 4.15. The number of non-ortho nitro benzene ring substituents is 1. The Bertz CT molecular complexity index is 661. The van der Waals surface area contributed by atoms with Gasteiger partial charge in [-0.1, -0.05) is 6.92 Å². The maximum Gasteiger partial charge on any atom is 0.269 e. The second kappa shape index (κ2) is 7.12. The molecule has 0 spiro atoms. The fraction of sp³-hybridized carbons (Fsp3) is 0.375. The molecule has 1 aromatic carbocycles. The van der Waals surface area contributed by atoms with Crippen LogP contribution >= 0.6 is 12.4 Å². The van der Waals surface area contributed by atoms with Gasteiger partial charge in [0, 0.05) is 36.8 Å². The van der Waals surface area contributed by atoms with Gasteiger partial charge in [0.2, 0.25) is 0 Å². The Morgan fingerprint density at radius 3 is 2.52 bits per heavy atom. The van der Waals surface area contributed by atoms with Gasteiger partial charge in [-0.3, -0.25) is 15.0 Å². The Hall–Kier alpha value is -1.89. The van der Waals surface area contributed by atoms with Gasteiger partial charge in [-0.2, -0.15) is 0 Å². The summed E-state index contributed by atoms with van der Waals surface area (Å²) >= 11 is 0. The summed E-state index contributed by atoms with van der Waals surface area (Å²) in [6.45, 7) is 4.77. The van der Waals surface area contributed by atoms with Gasteiger partial charge in [0.1, 0.15) is 11.5 Å². The van der Waals surface area contributed by atoms with Crippen LogP contribution in [0.3, 0.4) is 0 Å². The molecule has 124 valence electrons. The zero-order chi connectivity index (χ0) is 15.7. The second-order valence-corrected chi connectivity index (χ2v) is 5.91. The van der Waals surface area contributed by atoms with Gasteiger partial charge in [0.15, 0.2) is 0 Å². The minimum absolute atomic E-state index is 0. The summed E-state index contributed by atoms with van der Waals surface area (Å²) in [5, 5.41) is 10.7. The molecule has 2 N–H and O–H groups in total. The maximum absolute atomic E-state index is 10.7. The minimum atomic E-state index is -0.408. The van der Waals surface area contributed by atoms with E-state index in [-0.39, 0.29) is 24.1 Å². The Labute approximate surface area is 140 Å². The van der Waals surface area contributed by atoms with Crippen LogP contribution in [-0.4, -0.2) is 29.0 Å². The largest absolute Gasteiger partial charge is 0.460 e. The molecule has 7 heteroatoms. The van der Waals surface area contributed by atoms with E-state index in [1.807, 2.05) is 12.1 Å². The summed E-state index contributed by atoms with van der Waals surface area (Å²) in [5.41, 5.74) is 6.95. The molecule has 6 nitrogen and oxygen atoms in total. The van der Waals surface area contributed by atoms with Gasteiger partial charge in [0.25, 0.3) is 5.69 Å². The standard InChI is InChI=1S/C16H19N3O3.ClH/c1-11-8-18(10-15(11)17)9-14-6-7-16(22-14)12-2-4-13(5-3-12)19(20)21;/h2-7,11,15H,8-10,17H2,1H3;1H. The highest BCUT2D eigenvalue weighted by Gasteiger charge is 2.26. The maximum atomic E-state index is 10.7. The zero-order valence-corrected chi connectivity index (χ0v) is 13.7. The van der Waals surface area contributed by atoms with Crippen molar-refractivity contribution in [3.63, 3.8) is 0 Å². The molecule has 3 rings (SSSR count). The Balaban J connectivity index is 0.00000192. The minimum Gasteiger partial charge on any atom is -0.460 e. The fourth-order valence-corrected chi connectivity index (χ4v) is 2.81. The predicted molar refractivity (Wildman–Crippen MR) is 90.5 cm³/mol. The summed E-state index contributed by atoms with van der Waals surface area (Å²) in [7, 11) is 0. The molecule has 1 aromatic heterocycles. The van der Waals surface area contributed by atoms with E-state index in [1.54, 1.807) is 12.1 Å². The Kier molecular flexibility index (Phi) is 5.41. The second-order valence-electron chi connectivity index (χ2n) is 5.91. The monoisotopic (exact) mass is 337 g/mol. The molecular formula is C16H20ClN3O3. The van der Waals surface area contributed by atoms with Crippen LogP contribution < -0.4 is 5.73 Å². The third kappa shape index (κ3) is 3.90. The number of nitro benzene ring substituents is 1. The smallest absolute Gasteiger partial charge is 0.269 e. The van der Waals surface area contributed by atoms with Crippen molar-refractivity contribution >= 4 is 18.1 Å². The molecule has 1 aliphatic heterocycles. The number of nitrogens with zero attached hydrogens (tertiary/aromatic N) is 2. The number of nitrogens with two attached hydrogens (primary N) is 1. The average Bonchev–Trinajstić information content (AvgIpc) is 3.07. The van der Waals surface area contributed by atoms with Crippen LogP contribution in [0.15, 0.2) is 40.8 Å². The molecule has 2 heterocycles. The SMILES string of the molecule is CC1CN(Cc2ccc(-c3ccc([N+](=O)[O-])cc3)o2)CC1N.Cl. The quantitative estimate of drug-likeness (QED) is 0.684. The Morgan fingerprint density at radius 1 is 1.26 bits per heavy atom. The van der Waals surface area contributed by atoms with Crippen LogP contribution in [0.1, 0.15) is 12.7 Å². The van der Waals surface area contributed by atoms with E-state index >= 15 is 0 Å². The zero-order valence-electron chi connectivity index (χ0n) is 12.8. The van der Waals surface area contributed by atoms with E-state index < -0.39 is 4.92 Å². The topological polar surface area (TPSA) is 85.5 Å². The van der Waals surface area contributed by atoms with Crippen LogP contribution in [-0.2, 0) is 6.54 Å². The molecule has 1 fully saturated rings. The first-order chi connectivity index (χ1) is 10.5. The number of likely N-dealkylation sites (tertiary alicyclic amines) is 1. The van der Waals surface area contributed by atoms with Crippen LogP contribution in [0, 0.1) is 16.0 Å². The van der Waals surface area contributed by atoms with Crippen molar-refractivity contribution in [3.8, 4) is 11.3 Å². The molecule has 0 amide bonds. The lowest BCUT2D eigenvalue weighted by molar-refractivity contribution is -0.384. The van der Waals surface area contributed by atoms with Crippen LogP contribution in [0.5, 0.6) is 0 Å². The van der Waals surface area contributed by atoms with Gasteiger partial charge in [-0.15, -0.1) is 12.4 Å². The van der Waals surface area contributed by atoms with Crippen LogP contribution in [0.4, 0.5) is 5.69 Å². The number of rotatable bonds is 4. The lowest BCUT2D eigenvalue weighted by Crippen LogP contribution is -2.28. The number of nitro groups is 1. The highest BCUT2D eigenvalue weighted by molar-refractivity contribution is 5.85. The van der Waals surface area contributed by atoms with Crippen molar-refractivity contribution in [2.75, 3.05) is 13.1 Å². The predicted octanol–water partition coefficient (Wildman–Crippen LogP) is 3.06. The first-order valence-electron chi connectivity index (χ1n) is 7.34. The molecular weight excluding hydrogens is 318 g/mol. The van der Waals surface area contributed by atoms with Gasteiger partial charge < -0.3 is 10.2 Å². The molecule has 0 bridgehead atoms. The van der Waals surface area contributed by atoms with Crippen LogP contribution in [0.25, 0.3) is 11.3 Å². The summed E-state index contributed by atoms with van der Waals surface area (Å²) in [4.78, 5) is 12.5. The molecule has 2 aromatic rings. The van der Waals surface area contributed by atoms with Crippen molar-refractivity contribution < 1.29 is 9.34 Å². The lowest BCUT2D eigenvalue weighted by atomic mass is 10.1. The van der Waals surface area contributed by atoms with E-state index in [1.165, 1.54) is 12.1 Å². The van der Waals surface area contributed by atoms with E-state index in [4.69, 9.17) is 10.2 Å².